The van der Waals surface area contributed by atoms with Crippen molar-refractivity contribution in [3.63, 3.8) is 0 Å². The van der Waals surface area contributed by atoms with Gasteiger partial charge in [0.05, 0.1) is 0 Å². The number of hydrogen-bond donors (Lipinski definition) is 0. The second-order valence-corrected chi connectivity index (χ2v) is 5.67. The molecule has 3 rings (SSSR count). The maximum absolute atomic E-state index is 11.5. The lowest BCUT2D eigenvalue weighted by molar-refractivity contribution is -0.139. The van der Waals surface area contributed by atoms with Gasteiger partial charge in [0.15, 0.2) is 0 Å². The van der Waals surface area contributed by atoms with Crippen molar-refractivity contribution >= 4 is 33.5 Å². The molecule has 3 aromatic carbocycles. The largest absolute Gasteiger partial charge is 0.458 e. The Balaban J connectivity index is 2.21. The Morgan fingerprint density at radius 3 is 1.27 bits per heavy atom. The maximum Gasteiger partial charge on any atom is 0.330 e. The molecule has 0 radical (unpaired) electrons. The summed E-state index contributed by atoms with van der Waals surface area (Å²) in [7, 11) is 0. The van der Waals surface area contributed by atoms with Crippen LogP contribution in [0.25, 0.3) is 21.5 Å². The lowest BCUT2D eigenvalue weighted by atomic mass is 9.92. The van der Waals surface area contributed by atoms with Crippen molar-refractivity contribution < 1.29 is 19.1 Å². The minimum absolute atomic E-state index is 0.138. The van der Waals surface area contributed by atoms with Crippen LogP contribution in [0.5, 0.6) is 0 Å². The van der Waals surface area contributed by atoms with Crippen molar-refractivity contribution in [2.75, 3.05) is 0 Å². The second kappa shape index (κ2) is 7.66. The fourth-order valence-electron chi connectivity index (χ4n) is 3.02. The smallest absolute Gasteiger partial charge is 0.330 e. The minimum atomic E-state index is -0.470. The summed E-state index contributed by atoms with van der Waals surface area (Å²) in [5.41, 5.74) is 1.82. The van der Waals surface area contributed by atoms with Crippen LogP contribution in [0.2, 0.25) is 0 Å². The standard InChI is InChI=1S/C22H18O4/c1-3-21(23)25-13-19-15-9-5-7-11-17(15)20(14-26-22(24)4-2)18-12-8-6-10-16(18)19/h3-12H,1-2,13-14H2. The van der Waals surface area contributed by atoms with E-state index in [1.807, 2.05) is 48.5 Å². The van der Waals surface area contributed by atoms with Crippen molar-refractivity contribution in [1.29, 1.82) is 0 Å². The number of hydrogen-bond acceptors (Lipinski definition) is 4. The van der Waals surface area contributed by atoms with E-state index < -0.39 is 11.9 Å². The van der Waals surface area contributed by atoms with Crippen molar-refractivity contribution in [2.24, 2.45) is 0 Å². The first-order chi connectivity index (χ1) is 12.7. The SMILES string of the molecule is C=CC(=O)OCc1c2ccccc2c(COC(=O)C=C)c2ccccc12. The van der Waals surface area contributed by atoms with Gasteiger partial charge in [-0.25, -0.2) is 9.59 Å². The molecule has 0 saturated carbocycles. The summed E-state index contributed by atoms with van der Waals surface area (Å²) in [6, 6.07) is 15.6. The van der Waals surface area contributed by atoms with Crippen LogP contribution in [-0.4, -0.2) is 11.9 Å². The number of carbonyl (C=O) groups is 2. The lowest BCUT2D eigenvalue weighted by Gasteiger charge is -2.16. The van der Waals surface area contributed by atoms with Crippen LogP contribution in [0.1, 0.15) is 11.1 Å². The van der Waals surface area contributed by atoms with Crippen LogP contribution >= 0.6 is 0 Å². The Bertz CT molecular complexity index is 878. The molecule has 0 fully saturated rings. The molecule has 4 nitrogen and oxygen atoms in total. The van der Waals surface area contributed by atoms with Crippen molar-refractivity contribution in [3.05, 3.63) is 85.0 Å². The molecule has 0 aliphatic rings. The van der Waals surface area contributed by atoms with Gasteiger partial charge in [0.25, 0.3) is 0 Å². The summed E-state index contributed by atoms with van der Waals surface area (Å²) in [6.45, 7) is 7.13. The summed E-state index contributed by atoms with van der Waals surface area (Å²) < 4.78 is 10.6. The van der Waals surface area contributed by atoms with Gasteiger partial charge in [0.1, 0.15) is 13.2 Å². The van der Waals surface area contributed by atoms with Gasteiger partial charge < -0.3 is 9.47 Å². The molecule has 0 spiro atoms. The van der Waals surface area contributed by atoms with Crippen LogP contribution in [-0.2, 0) is 32.3 Å². The van der Waals surface area contributed by atoms with Gasteiger partial charge in [-0.3, -0.25) is 0 Å². The van der Waals surface area contributed by atoms with E-state index in [9.17, 15) is 9.59 Å². The molecule has 0 unspecified atom stereocenters. The van der Waals surface area contributed by atoms with E-state index >= 15 is 0 Å². The molecule has 130 valence electrons. The van der Waals surface area contributed by atoms with Gasteiger partial charge >= 0.3 is 11.9 Å². The van der Waals surface area contributed by atoms with E-state index in [2.05, 4.69) is 13.2 Å². The molecule has 0 N–H and O–H groups in total. The Morgan fingerprint density at radius 1 is 0.692 bits per heavy atom. The number of ether oxygens (including phenoxy) is 2. The first-order valence-corrected chi connectivity index (χ1v) is 8.15. The van der Waals surface area contributed by atoms with E-state index in [4.69, 9.17) is 9.47 Å². The van der Waals surface area contributed by atoms with Gasteiger partial charge in [-0.15, -0.1) is 0 Å². The molecular weight excluding hydrogens is 328 g/mol. The quantitative estimate of drug-likeness (QED) is 0.376. The van der Waals surface area contributed by atoms with Gasteiger partial charge in [0, 0.05) is 23.3 Å². The van der Waals surface area contributed by atoms with E-state index in [0.717, 1.165) is 44.8 Å². The predicted molar refractivity (Wildman–Crippen MR) is 101 cm³/mol. The Morgan fingerprint density at radius 2 is 1.00 bits per heavy atom. The highest BCUT2D eigenvalue weighted by molar-refractivity contribution is 6.06. The summed E-state index contributed by atoms with van der Waals surface area (Å²) >= 11 is 0. The highest BCUT2D eigenvalue weighted by Gasteiger charge is 2.15. The summed E-state index contributed by atoms with van der Waals surface area (Å²) in [4.78, 5) is 23.1. The monoisotopic (exact) mass is 346 g/mol. The lowest BCUT2D eigenvalue weighted by Crippen LogP contribution is -2.05. The molecule has 4 heteroatoms. The molecule has 3 aromatic rings. The predicted octanol–water partition coefficient (Wildman–Crippen LogP) is 4.45. The fourth-order valence-corrected chi connectivity index (χ4v) is 3.02. The van der Waals surface area contributed by atoms with E-state index in [1.54, 1.807) is 0 Å². The van der Waals surface area contributed by atoms with Crippen LogP contribution in [0.15, 0.2) is 73.8 Å². The highest BCUT2D eigenvalue weighted by Crippen LogP contribution is 2.34. The minimum Gasteiger partial charge on any atom is -0.458 e. The van der Waals surface area contributed by atoms with Crippen molar-refractivity contribution in [1.82, 2.24) is 0 Å². The zero-order valence-electron chi connectivity index (χ0n) is 14.2. The van der Waals surface area contributed by atoms with E-state index in [-0.39, 0.29) is 13.2 Å². The molecule has 0 aliphatic heterocycles. The Kier molecular flexibility index (Phi) is 5.13. The van der Waals surface area contributed by atoms with E-state index in [1.165, 1.54) is 0 Å². The molecule has 0 saturated heterocycles. The summed E-state index contributed by atoms with van der Waals surface area (Å²) in [5.74, 6) is -0.940. The third kappa shape index (κ3) is 3.35. The van der Waals surface area contributed by atoms with Gasteiger partial charge in [-0.2, -0.15) is 0 Å². The average Bonchev–Trinajstić information content (AvgIpc) is 2.69. The first kappa shape index (κ1) is 17.4. The molecular formula is C22H18O4. The van der Waals surface area contributed by atoms with Gasteiger partial charge in [-0.05, 0) is 21.5 Å². The number of esters is 2. The Labute approximate surface area is 151 Å². The summed E-state index contributed by atoms with van der Waals surface area (Å²) in [6.07, 6.45) is 2.29. The van der Waals surface area contributed by atoms with Crippen LogP contribution in [0, 0.1) is 0 Å². The number of rotatable bonds is 6. The average molecular weight is 346 g/mol. The molecule has 26 heavy (non-hydrogen) atoms. The second-order valence-electron chi connectivity index (χ2n) is 5.67. The molecule has 0 atom stereocenters. The zero-order valence-corrected chi connectivity index (χ0v) is 14.2. The molecule has 0 bridgehead atoms. The summed E-state index contributed by atoms with van der Waals surface area (Å²) in [5, 5.41) is 3.81. The van der Waals surface area contributed by atoms with Gasteiger partial charge in [-0.1, -0.05) is 61.7 Å². The van der Waals surface area contributed by atoms with Crippen LogP contribution in [0.3, 0.4) is 0 Å². The molecule has 0 aliphatic carbocycles. The number of carbonyl (C=O) groups excluding carboxylic acids is 2. The topological polar surface area (TPSA) is 52.6 Å². The first-order valence-electron chi connectivity index (χ1n) is 8.15. The van der Waals surface area contributed by atoms with Crippen LogP contribution in [0.4, 0.5) is 0 Å². The normalized spacial score (nSPS) is 10.5. The zero-order chi connectivity index (χ0) is 18.5. The van der Waals surface area contributed by atoms with Crippen molar-refractivity contribution in [2.45, 2.75) is 13.2 Å². The highest BCUT2D eigenvalue weighted by atomic mass is 16.5. The number of fused-ring (bicyclic) bond motifs is 2. The fraction of sp³-hybridized carbons (Fsp3) is 0.0909. The van der Waals surface area contributed by atoms with Gasteiger partial charge in [0.2, 0.25) is 0 Å². The number of benzene rings is 3. The third-order valence-electron chi connectivity index (χ3n) is 4.21. The molecule has 0 heterocycles. The van der Waals surface area contributed by atoms with Crippen LogP contribution < -0.4 is 0 Å². The van der Waals surface area contributed by atoms with E-state index in [0.29, 0.717) is 0 Å². The Hall–Kier alpha value is -3.40. The third-order valence-corrected chi connectivity index (χ3v) is 4.21. The van der Waals surface area contributed by atoms with Crippen molar-refractivity contribution in [3.8, 4) is 0 Å². The maximum atomic E-state index is 11.5. The molecule has 0 aromatic heterocycles. The molecule has 0 amide bonds.